The van der Waals surface area contributed by atoms with Crippen molar-refractivity contribution in [3.8, 4) is 22.5 Å². The molecule has 38 heavy (non-hydrogen) atoms. The third-order valence-corrected chi connectivity index (χ3v) is 7.02. The lowest BCUT2D eigenvalue weighted by Gasteiger charge is -2.29. The van der Waals surface area contributed by atoms with Gasteiger partial charge in [0.25, 0.3) is 0 Å². The summed E-state index contributed by atoms with van der Waals surface area (Å²) in [6, 6.07) is 12.8. The summed E-state index contributed by atoms with van der Waals surface area (Å²) >= 11 is -2.08. The number of nitrogens with one attached hydrogen (secondary N) is 1. The Labute approximate surface area is 222 Å². The summed E-state index contributed by atoms with van der Waals surface area (Å²) in [7, 11) is 0. The predicted octanol–water partition coefficient (Wildman–Crippen LogP) is 3.88. The molecule has 1 unspecified atom stereocenters. The minimum absolute atomic E-state index is 0.296. The zero-order chi connectivity index (χ0) is 26.6. The Hall–Kier alpha value is -3.51. The molecular formula is C27H29FN6O3S. The molecule has 1 saturated heterocycles. The molecule has 4 aromatic rings. The highest BCUT2D eigenvalue weighted by Gasteiger charge is 2.21. The molecule has 2 aromatic heterocycles. The molecule has 0 saturated carbocycles. The van der Waals surface area contributed by atoms with Crippen LogP contribution < -0.4 is 15.4 Å². The van der Waals surface area contributed by atoms with Crippen LogP contribution in [0.25, 0.3) is 33.4 Å². The fourth-order valence-electron chi connectivity index (χ4n) is 4.66. The number of hydrogen-bond donors (Lipinski definition) is 3. The summed E-state index contributed by atoms with van der Waals surface area (Å²) in [6.07, 6.45) is 2.64. The van der Waals surface area contributed by atoms with E-state index in [0.717, 1.165) is 33.4 Å². The first-order valence-electron chi connectivity index (χ1n) is 12.4. The van der Waals surface area contributed by atoms with Crippen LogP contribution in [-0.4, -0.2) is 56.6 Å². The van der Waals surface area contributed by atoms with Gasteiger partial charge in [0.2, 0.25) is 11.3 Å². The highest BCUT2D eigenvalue weighted by molar-refractivity contribution is 7.77. The van der Waals surface area contributed by atoms with Gasteiger partial charge in [0.1, 0.15) is 17.5 Å². The van der Waals surface area contributed by atoms with Crippen LogP contribution in [0.2, 0.25) is 0 Å². The van der Waals surface area contributed by atoms with Gasteiger partial charge < -0.3 is 15.4 Å². The molecule has 1 aliphatic heterocycles. The van der Waals surface area contributed by atoms with E-state index < -0.39 is 11.3 Å². The maximum absolute atomic E-state index is 15.6. The third-order valence-electron chi connectivity index (χ3n) is 6.56. The Kier molecular flexibility index (Phi) is 7.89. The minimum atomic E-state index is -2.08. The molecule has 198 valence electrons. The van der Waals surface area contributed by atoms with Crippen molar-refractivity contribution in [3.63, 3.8) is 0 Å². The average Bonchev–Trinajstić information content (AvgIpc) is 2.92. The van der Waals surface area contributed by atoms with Gasteiger partial charge in [-0.25, -0.2) is 28.3 Å². The molecule has 5 rings (SSSR count). The van der Waals surface area contributed by atoms with Crippen LogP contribution in [0.1, 0.15) is 17.5 Å². The van der Waals surface area contributed by atoms with Gasteiger partial charge in [-0.3, -0.25) is 4.55 Å². The number of pyridine rings is 1. The highest BCUT2D eigenvalue weighted by atomic mass is 32.2. The van der Waals surface area contributed by atoms with Crippen molar-refractivity contribution >= 4 is 33.8 Å². The summed E-state index contributed by atoms with van der Waals surface area (Å²) in [5, 5.41) is 0.841. The second-order valence-corrected chi connectivity index (χ2v) is 9.94. The Morgan fingerprint density at radius 2 is 1.97 bits per heavy atom. The number of aromatic nitrogens is 3. The van der Waals surface area contributed by atoms with Crippen LogP contribution in [0.5, 0.6) is 0 Å². The number of nitrogens with two attached hydrogens (primary N) is 1. The number of anilines is 2. The maximum atomic E-state index is 15.6. The predicted molar refractivity (Wildman–Crippen MR) is 147 cm³/mol. The number of fused-ring (bicyclic) bond motifs is 1. The van der Waals surface area contributed by atoms with Gasteiger partial charge in [-0.1, -0.05) is 18.2 Å². The van der Waals surface area contributed by atoms with E-state index in [1.165, 1.54) is 0 Å². The molecule has 4 N–H and O–H groups in total. The van der Waals surface area contributed by atoms with Crippen LogP contribution in [0.15, 0.2) is 48.7 Å². The van der Waals surface area contributed by atoms with Crippen molar-refractivity contribution in [1.29, 1.82) is 0 Å². The number of nitrogen functional groups attached to an aromatic ring is 1. The molecule has 0 radical (unpaired) electrons. The number of halogens is 1. The molecule has 0 bridgehead atoms. The second-order valence-electron chi connectivity index (χ2n) is 9.16. The number of rotatable bonds is 8. The number of ether oxygens (including phenoxy) is 1. The molecule has 2 aromatic carbocycles. The lowest BCUT2D eigenvalue weighted by molar-refractivity contribution is 0.122. The van der Waals surface area contributed by atoms with Crippen LogP contribution in [0.4, 0.5) is 16.0 Å². The zero-order valence-corrected chi connectivity index (χ0v) is 21.8. The number of morpholine rings is 1. The standard InChI is InChI=1S/C27H29FN6O3S/c1-17-14-20(21-6-2-4-18(24(21)28)5-3-9-31-38(35)36)15-22-25(17)32-26(19-7-8-23(29)30-16-19)33-27(22)34-10-12-37-13-11-34/h2,4,6-8,14-16,31H,3,5,9-13H2,1H3,(H2,29,30)(H,35,36). The van der Waals surface area contributed by atoms with Gasteiger partial charge in [0.05, 0.1) is 18.7 Å². The molecule has 1 atom stereocenters. The molecule has 0 aliphatic carbocycles. The smallest absolute Gasteiger partial charge is 0.231 e. The van der Waals surface area contributed by atoms with Crippen LogP contribution >= 0.6 is 0 Å². The van der Waals surface area contributed by atoms with E-state index in [0.29, 0.717) is 68.5 Å². The van der Waals surface area contributed by atoms with E-state index in [9.17, 15) is 4.21 Å². The van der Waals surface area contributed by atoms with Crippen molar-refractivity contribution < 1.29 is 17.9 Å². The number of hydrogen-bond acceptors (Lipinski definition) is 7. The number of benzene rings is 2. The Morgan fingerprint density at radius 3 is 2.71 bits per heavy atom. The van der Waals surface area contributed by atoms with Crippen molar-refractivity contribution in [1.82, 2.24) is 19.7 Å². The van der Waals surface area contributed by atoms with E-state index in [1.807, 2.05) is 31.2 Å². The lowest BCUT2D eigenvalue weighted by atomic mass is 9.96. The van der Waals surface area contributed by atoms with E-state index in [2.05, 4.69) is 14.6 Å². The summed E-state index contributed by atoms with van der Waals surface area (Å²) in [5.41, 5.74) is 10.0. The molecule has 11 heteroatoms. The first-order chi connectivity index (χ1) is 18.4. The van der Waals surface area contributed by atoms with Gasteiger partial charge in [-0.05, 0) is 60.7 Å². The van der Waals surface area contributed by atoms with Crippen molar-refractivity contribution in [2.75, 3.05) is 43.5 Å². The third kappa shape index (κ3) is 5.65. The summed E-state index contributed by atoms with van der Waals surface area (Å²) in [6.45, 7) is 4.84. The molecular weight excluding hydrogens is 507 g/mol. The van der Waals surface area contributed by atoms with Crippen LogP contribution in [0.3, 0.4) is 0 Å². The maximum Gasteiger partial charge on any atom is 0.231 e. The summed E-state index contributed by atoms with van der Waals surface area (Å²) in [5.74, 6) is 1.45. The SMILES string of the molecule is Cc1cc(-c2cccc(CCCNS(=O)O)c2F)cc2c(N3CCOCC3)nc(-c3ccc(N)nc3)nc12. The molecule has 3 heterocycles. The lowest BCUT2D eigenvalue weighted by Crippen LogP contribution is -2.37. The Balaban J connectivity index is 1.59. The van der Waals surface area contributed by atoms with Gasteiger partial charge in [0, 0.05) is 42.3 Å². The van der Waals surface area contributed by atoms with E-state index in [4.69, 9.17) is 25.0 Å². The molecule has 0 spiro atoms. The second kappa shape index (κ2) is 11.5. The van der Waals surface area contributed by atoms with Crippen LogP contribution in [-0.2, 0) is 22.4 Å². The number of aryl methyl sites for hydroxylation is 2. The van der Waals surface area contributed by atoms with Gasteiger partial charge in [-0.2, -0.15) is 0 Å². The van der Waals surface area contributed by atoms with E-state index in [1.54, 1.807) is 24.4 Å². The topological polar surface area (TPSA) is 126 Å². The molecule has 0 amide bonds. The number of nitrogens with zero attached hydrogens (tertiary/aromatic N) is 4. The Bertz CT molecular complexity index is 1480. The summed E-state index contributed by atoms with van der Waals surface area (Å²) < 4.78 is 43.3. The monoisotopic (exact) mass is 536 g/mol. The highest BCUT2D eigenvalue weighted by Crippen LogP contribution is 2.35. The van der Waals surface area contributed by atoms with E-state index >= 15 is 4.39 Å². The quantitative estimate of drug-likeness (QED) is 0.229. The van der Waals surface area contributed by atoms with Gasteiger partial charge in [0.15, 0.2) is 5.82 Å². The fourth-order valence-corrected chi connectivity index (χ4v) is 4.98. The first-order valence-corrected chi connectivity index (χ1v) is 13.5. The summed E-state index contributed by atoms with van der Waals surface area (Å²) in [4.78, 5) is 16.2. The van der Waals surface area contributed by atoms with Gasteiger partial charge >= 0.3 is 0 Å². The molecule has 1 aliphatic rings. The van der Waals surface area contributed by atoms with Crippen LogP contribution in [0, 0.1) is 12.7 Å². The fraction of sp³-hybridized carbons (Fsp3) is 0.296. The first kappa shape index (κ1) is 26.1. The van der Waals surface area contributed by atoms with Crippen molar-refractivity contribution in [2.45, 2.75) is 19.8 Å². The Morgan fingerprint density at radius 1 is 1.16 bits per heavy atom. The molecule has 1 fully saturated rings. The average molecular weight is 537 g/mol. The normalized spacial score (nSPS) is 14.7. The van der Waals surface area contributed by atoms with E-state index in [-0.39, 0.29) is 5.82 Å². The van der Waals surface area contributed by atoms with Gasteiger partial charge in [-0.15, -0.1) is 0 Å². The largest absolute Gasteiger partial charge is 0.384 e. The zero-order valence-electron chi connectivity index (χ0n) is 21.0. The van der Waals surface area contributed by atoms with Crippen molar-refractivity contribution in [2.24, 2.45) is 0 Å². The minimum Gasteiger partial charge on any atom is -0.384 e. The van der Waals surface area contributed by atoms with Crippen molar-refractivity contribution in [3.05, 3.63) is 65.6 Å². The molecule has 9 nitrogen and oxygen atoms in total.